The summed E-state index contributed by atoms with van der Waals surface area (Å²) in [5, 5.41) is 3.32. The number of nitrogens with one attached hydrogen (secondary N) is 1. The minimum absolute atomic E-state index is 0. The summed E-state index contributed by atoms with van der Waals surface area (Å²) in [6.07, 6.45) is 4.74. The Bertz CT molecular complexity index is 315. The molecule has 1 aliphatic carbocycles. The molecular weight excluding hydrogens is 268 g/mol. The van der Waals surface area contributed by atoms with Gasteiger partial charge in [-0.3, -0.25) is 9.59 Å². The molecule has 1 saturated heterocycles. The van der Waals surface area contributed by atoms with Gasteiger partial charge in [-0.1, -0.05) is 0 Å². The molecule has 1 aliphatic heterocycles. The Kier molecular flexibility index (Phi) is 6.58. The molecule has 0 spiro atoms. The number of rotatable bonds is 6. The van der Waals surface area contributed by atoms with Crippen LogP contribution in [0.1, 0.15) is 39.0 Å². The van der Waals surface area contributed by atoms with Gasteiger partial charge in [0.1, 0.15) is 6.54 Å². The number of hydrogen-bond donors (Lipinski definition) is 1. The maximum atomic E-state index is 12.2. The van der Waals surface area contributed by atoms with E-state index in [1.54, 1.807) is 11.8 Å². The number of esters is 1. The first kappa shape index (κ1) is 16.2. The third-order valence-electron chi connectivity index (χ3n) is 3.50. The standard InChI is InChI=1S/C13H22N2O3.ClH/c1-2-18-13(17)9-15(11-5-6-11)12(16)8-10-4-3-7-14-10;/h10-11,14H,2-9H2,1H3;1H. The lowest BCUT2D eigenvalue weighted by Crippen LogP contribution is -2.41. The number of ether oxygens (including phenoxy) is 1. The van der Waals surface area contributed by atoms with E-state index >= 15 is 0 Å². The summed E-state index contributed by atoms with van der Waals surface area (Å²) in [7, 11) is 0. The molecule has 1 atom stereocenters. The molecule has 0 aromatic heterocycles. The number of carbonyl (C=O) groups excluding carboxylic acids is 2. The molecule has 2 rings (SSSR count). The van der Waals surface area contributed by atoms with Crippen LogP contribution >= 0.6 is 12.4 Å². The Hall–Kier alpha value is -0.810. The molecule has 0 bridgehead atoms. The molecule has 1 amide bonds. The maximum Gasteiger partial charge on any atom is 0.325 e. The summed E-state index contributed by atoms with van der Waals surface area (Å²) in [6, 6.07) is 0.559. The molecule has 1 N–H and O–H groups in total. The Balaban J connectivity index is 0.00000180. The van der Waals surface area contributed by atoms with Gasteiger partial charge in [0.25, 0.3) is 0 Å². The molecule has 110 valence electrons. The van der Waals surface area contributed by atoms with Crippen LogP contribution in [-0.2, 0) is 14.3 Å². The third kappa shape index (κ3) is 4.99. The van der Waals surface area contributed by atoms with Crippen LogP contribution in [0, 0.1) is 0 Å². The maximum absolute atomic E-state index is 12.2. The molecule has 0 radical (unpaired) electrons. The van der Waals surface area contributed by atoms with Crippen LogP contribution in [0.4, 0.5) is 0 Å². The van der Waals surface area contributed by atoms with Crippen molar-refractivity contribution in [3.8, 4) is 0 Å². The van der Waals surface area contributed by atoms with Crippen molar-refractivity contribution in [2.45, 2.75) is 51.1 Å². The highest BCUT2D eigenvalue weighted by atomic mass is 35.5. The lowest BCUT2D eigenvalue weighted by atomic mass is 10.1. The van der Waals surface area contributed by atoms with Crippen LogP contribution in [0.25, 0.3) is 0 Å². The van der Waals surface area contributed by atoms with Gasteiger partial charge in [-0.25, -0.2) is 0 Å². The quantitative estimate of drug-likeness (QED) is 0.745. The smallest absolute Gasteiger partial charge is 0.325 e. The van der Waals surface area contributed by atoms with Crippen LogP contribution in [0.2, 0.25) is 0 Å². The molecule has 0 aromatic carbocycles. The van der Waals surface area contributed by atoms with E-state index in [0.29, 0.717) is 19.1 Å². The van der Waals surface area contributed by atoms with Gasteiger partial charge < -0.3 is 15.0 Å². The van der Waals surface area contributed by atoms with Crippen LogP contribution < -0.4 is 5.32 Å². The molecule has 0 aromatic rings. The van der Waals surface area contributed by atoms with E-state index in [0.717, 1.165) is 32.2 Å². The number of halogens is 1. The Labute approximate surface area is 120 Å². The minimum atomic E-state index is -0.294. The first-order valence-corrected chi connectivity index (χ1v) is 6.89. The number of nitrogens with zero attached hydrogens (tertiary/aromatic N) is 1. The zero-order valence-corrected chi connectivity index (χ0v) is 12.2. The lowest BCUT2D eigenvalue weighted by molar-refractivity contribution is -0.149. The van der Waals surface area contributed by atoms with Gasteiger partial charge in [0.2, 0.25) is 5.91 Å². The topological polar surface area (TPSA) is 58.6 Å². The molecule has 2 aliphatic rings. The Morgan fingerprint density at radius 1 is 1.32 bits per heavy atom. The molecule has 2 fully saturated rings. The van der Waals surface area contributed by atoms with E-state index in [9.17, 15) is 9.59 Å². The molecule has 19 heavy (non-hydrogen) atoms. The zero-order chi connectivity index (χ0) is 13.0. The highest BCUT2D eigenvalue weighted by Crippen LogP contribution is 2.28. The summed E-state index contributed by atoms with van der Waals surface area (Å²) >= 11 is 0. The summed E-state index contributed by atoms with van der Waals surface area (Å²) in [4.78, 5) is 25.4. The number of hydrogen-bond acceptors (Lipinski definition) is 4. The van der Waals surface area contributed by atoms with Crippen molar-refractivity contribution in [2.24, 2.45) is 0 Å². The van der Waals surface area contributed by atoms with Crippen LogP contribution in [0.15, 0.2) is 0 Å². The normalized spacial score (nSPS) is 21.6. The molecule has 6 heteroatoms. The van der Waals surface area contributed by atoms with E-state index in [1.165, 1.54) is 0 Å². The van der Waals surface area contributed by atoms with E-state index < -0.39 is 0 Å². The van der Waals surface area contributed by atoms with E-state index in [4.69, 9.17) is 4.74 Å². The fraction of sp³-hybridized carbons (Fsp3) is 0.846. The highest BCUT2D eigenvalue weighted by molar-refractivity contribution is 5.85. The molecule has 1 saturated carbocycles. The Morgan fingerprint density at radius 2 is 2.05 bits per heavy atom. The van der Waals surface area contributed by atoms with Crippen molar-refractivity contribution in [1.29, 1.82) is 0 Å². The second-order valence-electron chi connectivity index (χ2n) is 5.06. The number of amides is 1. The van der Waals surface area contributed by atoms with E-state index in [-0.39, 0.29) is 36.9 Å². The van der Waals surface area contributed by atoms with Crippen molar-refractivity contribution in [1.82, 2.24) is 10.2 Å². The fourth-order valence-corrected chi connectivity index (χ4v) is 2.41. The van der Waals surface area contributed by atoms with Crippen LogP contribution in [0.3, 0.4) is 0 Å². The van der Waals surface area contributed by atoms with Gasteiger partial charge >= 0.3 is 5.97 Å². The average molecular weight is 291 g/mol. The van der Waals surface area contributed by atoms with Gasteiger partial charge in [-0.05, 0) is 39.2 Å². The van der Waals surface area contributed by atoms with E-state index in [2.05, 4.69) is 5.32 Å². The van der Waals surface area contributed by atoms with Crippen molar-refractivity contribution in [3.05, 3.63) is 0 Å². The predicted octanol–water partition coefficient (Wildman–Crippen LogP) is 1.10. The molecule has 1 heterocycles. The van der Waals surface area contributed by atoms with Gasteiger partial charge in [0.05, 0.1) is 6.61 Å². The van der Waals surface area contributed by atoms with Gasteiger partial charge in [-0.15, -0.1) is 12.4 Å². The second kappa shape index (κ2) is 7.70. The SMILES string of the molecule is CCOC(=O)CN(C(=O)CC1CCCN1)C1CC1.Cl. The first-order chi connectivity index (χ1) is 8.70. The van der Waals surface area contributed by atoms with Crippen LogP contribution in [-0.4, -0.2) is 48.6 Å². The van der Waals surface area contributed by atoms with E-state index in [1.807, 2.05) is 0 Å². The fourth-order valence-electron chi connectivity index (χ4n) is 2.41. The predicted molar refractivity (Wildman–Crippen MR) is 74.3 cm³/mol. The minimum Gasteiger partial charge on any atom is -0.465 e. The van der Waals surface area contributed by atoms with Gasteiger partial charge in [-0.2, -0.15) is 0 Å². The molecule has 1 unspecified atom stereocenters. The largest absolute Gasteiger partial charge is 0.465 e. The zero-order valence-electron chi connectivity index (χ0n) is 11.4. The summed E-state index contributed by atoms with van der Waals surface area (Å²) in [5.74, 6) is -0.206. The average Bonchev–Trinajstić information content (AvgIpc) is 3.05. The monoisotopic (exact) mass is 290 g/mol. The Morgan fingerprint density at radius 3 is 2.58 bits per heavy atom. The summed E-state index contributed by atoms with van der Waals surface area (Å²) in [5.41, 5.74) is 0. The van der Waals surface area contributed by atoms with Crippen molar-refractivity contribution < 1.29 is 14.3 Å². The molecule has 5 nitrogen and oxygen atoms in total. The van der Waals surface area contributed by atoms with Crippen molar-refractivity contribution in [3.63, 3.8) is 0 Å². The molecular formula is C13H23ClN2O3. The summed E-state index contributed by atoms with van der Waals surface area (Å²) < 4.78 is 4.92. The van der Waals surface area contributed by atoms with Gasteiger partial charge in [0, 0.05) is 18.5 Å². The van der Waals surface area contributed by atoms with Crippen molar-refractivity contribution >= 4 is 24.3 Å². The third-order valence-corrected chi connectivity index (χ3v) is 3.50. The first-order valence-electron chi connectivity index (χ1n) is 6.89. The summed E-state index contributed by atoms with van der Waals surface area (Å²) in [6.45, 7) is 3.27. The lowest BCUT2D eigenvalue weighted by Gasteiger charge is -2.23. The van der Waals surface area contributed by atoms with Crippen LogP contribution in [0.5, 0.6) is 0 Å². The second-order valence-corrected chi connectivity index (χ2v) is 5.06. The number of carbonyl (C=O) groups is 2. The van der Waals surface area contributed by atoms with Gasteiger partial charge in [0.15, 0.2) is 0 Å². The van der Waals surface area contributed by atoms with Crippen molar-refractivity contribution in [2.75, 3.05) is 19.7 Å². The highest BCUT2D eigenvalue weighted by Gasteiger charge is 2.35.